The van der Waals surface area contributed by atoms with Gasteiger partial charge in [0.15, 0.2) is 14.9 Å². The van der Waals surface area contributed by atoms with E-state index >= 15 is 0 Å². The molecule has 1 unspecified atom stereocenters. The molecule has 1 heterocycles. The quantitative estimate of drug-likeness (QED) is 0.791. The highest BCUT2D eigenvalue weighted by Crippen LogP contribution is 2.30. The molecule has 0 fully saturated rings. The first-order valence-corrected chi connectivity index (χ1v) is 9.07. The lowest BCUT2D eigenvalue weighted by Crippen LogP contribution is -2.26. The van der Waals surface area contributed by atoms with Crippen LogP contribution in [0.4, 0.5) is 0 Å². The van der Waals surface area contributed by atoms with Crippen LogP contribution in [0.2, 0.25) is 0 Å². The molecule has 0 amide bonds. The molecular formula is C11H12ClNO4S2. The summed E-state index contributed by atoms with van der Waals surface area (Å²) in [6.45, 7) is 1.49. The molecule has 2 rings (SSSR count). The number of hydrogen-bond donors (Lipinski definition) is 0. The minimum Gasteiger partial charge on any atom is -0.222 e. The second-order valence-corrected chi connectivity index (χ2v) is 8.43. The summed E-state index contributed by atoms with van der Waals surface area (Å²) in [6, 6.07) is 5.91. The largest absolute Gasteiger partial charge is 0.284 e. The molecule has 1 atom stereocenters. The average Bonchev–Trinajstić information content (AvgIpc) is 2.63. The Morgan fingerprint density at radius 1 is 1.32 bits per heavy atom. The molecule has 0 saturated carbocycles. The van der Waals surface area contributed by atoms with Gasteiger partial charge in [-0.3, -0.25) is 0 Å². The standard InChI is InChI=1S/C11H12ClNO4S2/c1-8(6-7-12)18(14,15)11-9-4-2-3-5-10(9)19(16,17)13-11/h2-5,8H,6-7H2,1H3. The fraction of sp³-hybridized carbons (Fsp3) is 0.364. The Bertz CT molecular complexity index is 738. The van der Waals surface area contributed by atoms with Crippen LogP contribution in [-0.2, 0) is 19.9 Å². The van der Waals surface area contributed by atoms with E-state index in [1.807, 2.05) is 0 Å². The van der Waals surface area contributed by atoms with Crippen LogP contribution in [0.5, 0.6) is 0 Å². The average molecular weight is 322 g/mol. The molecule has 0 radical (unpaired) electrons. The lowest BCUT2D eigenvalue weighted by molar-refractivity contribution is 0.592. The van der Waals surface area contributed by atoms with E-state index in [0.29, 0.717) is 0 Å². The summed E-state index contributed by atoms with van der Waals surface area (Å²) in [5, 5.41) is -1.15. The monoisotopic (exact) mass is 321 g/mol. The maximum atomic E-state index is 12.3. The van der Waals surface area contributed by atoms with E-state index < -0.39 is 25.1 Å². The summed E-state index contributed by atoms with van der Waals surface area (Å²) in [5.41, 5.74) is 0.143. The number of sulfonamides is 1. The maximum Gasteiger partial charge on any atom is 0.284 e. The molecule has 8 heteroatoms. The van der Waals surface area contributed by atoms with Crippen LogP contribution in [0.15, 0.2) is 33.6 Å². The zero-order valence-electron chi connectivity index (χ0n) is 10.1. The zero-order valence-corrected chi connectivity index (χ0v) is 12.5. The molecule has 1 aliphatic heterocycles. The molecule has 1 aromatic carbocycles. The molecule has 1 aromatic rings. The summed E-state index contributed by atoms with van der Waals surface area (Å²) in [5.74, 6) is 0.183. The van der Waals surface area contributed by atoms with E-state index in [0.717, 1.165) is 0 Å². The van der Waals surface area contributed by atoms with Crippen molar-refractivity contribution in [1.29, 1.82) is 0 Å². The van der Waals surface area contributed by atoms with Gasteiger partial charge in [-0.2, -0.15) is 8.42 Å². The molecule has 0 aliphatic carbocycles. The van der Waals surface area contributed by atoms with Crippen molar-refractivity contribution >= 4 is 36.5 Å². The first-order chi connectivity index (χ1) is 8.80. The number of halogens is 1. The van der Waals surface area contributed by atoms with E-state index in [4.69, 9.17) is 11.6 Å². The van der Waals surface area contributed by atoms with Crippen molar-refractivity contribution in [2.24, 2.45) is 4.40 Å². The topological polar surface area (TPSA) is 80.6 Å². The highest BCUT2D eigenvalue weighted by atomic mass is 35.5. The van der Waals surface area contributed by atoms with Crippen LogP contribution in [0.3, 0.4) is 0 Å². The molecule has 0 aromatic heterocycles. The molecule has 5 nitrogen and oxygen atoms in total. The van der Waals surface area contributed by atoms with Crippen molar-refractivity contribution in [2.45, 2.75) is 23.5 Å². The Balaban J connectivity index is 2.60. The summed E-state index contributed by atoms with van der Waals surface area (Å²) >= 11 is 5.54. The lowest BCUT2D eigenvalue weighted by atomic mass is 10.2. The van der Waals surface area contributed by atoms with Gasteiger partial charge in [0.2, 0.25) is 0 Å². The molecule has 19 heavy (non-hydrogen) atoms. The fourth-order valence-corrected chi connectivity index (χ4v) is 5.41. The Labute approximate surface area is 117 Å². The van der Waals surface area contributed by atoms with E-state index in [-0.39, 0.29) is 27.8 Å². The van der Waals surface area contributed by atoms with Crippen molar-refractivity contribution in [3.63, 3.8) is 0 Å². The van der Waals surface area contributed by atoms with Crippen molar-refractivity contribution < 1.29 is 16.8 Å². The van der Waals surface area contributed by atoms with Crippen molar-refractivity contribution in [1.82, 2.24) is 0 Å². The highest BCUT2D eigenvalue weighted by Gasteiger charge is 2.38. The van der Waals surface area contributed by atoms with E-state index in [2.05, 4.69) is 4.40 Å². The van der Waals surface area contributed by atoms with Gasteiger partial charge >= 0.3 is 0 Å². The molecule has 0 spiro atoms. The second-order valence-electron chi connectivity index (χ2n) is 4.20. The molecule has 0 saturated heterocycles. The van der Waals surface area contributed by atoms with E-state index in [1.165, 1.54) is 25.1 Å². The van der Waals surface area contributed by atoms with Crippen LogP contribution in [0.25, 0.3) is 0 Å². The van der Waals surface area contributed by atoms with Gasteiger partial charge in [0.25, 0.3) is 10.0 Å². The third-order valence-electron chi connectivity index (χ3n) is 2.91. The van der Waals surface area contributed by atoms with Crippen molar-refractivity contribution in [3.05, 3.63) is 29.8 Å². The van der Waals surface area contributed by atoms with Crippen LogP contribution in [0, 0.1) is 0 Å². The molecule has 1 aliphatic rings. The number of alkyl halides is 1. The van der Waals surface area contributed by atoms with Crippen LogP contribution < -0.4 is 0 Å². The summed E-state index contributed by atoms with van der Waals surface area (Å²) < 4.78 is 51.7. The van der Waals surface area contributed by atoms with Gasteiger partial charge in [-0.15, -0.1) is 16.0 Å². The Morgan fingerprint density at radius 3 is 2.58 bits per heavy atom. The van der Waals surface area contributed by atoms with E-state index in [1.54, 1.807) is 6.07 Å². The van der Waals surface area contributed by atoms with Crippen molar-refractivity contribution in [2.75, 3.05) is 5.88 Å². The van der Waals surface area contributed by atoms with Crippen LogP contribution in [-0.4, -0.2) is 33.0 Å². The number of rotatable bonds is 3. The van der Waals surface area contributed by atoms with Crippen LogP contribution >= 0.6 is 11.6 Å². The number of hydrogen-bond acceptors (Lipinski definition) is 4. The number of fused-ring (bicyclic) bond motifs is 1. The third-order valence-corrected chi connectivity index (χ3v) is 6.73. The summed E-state index contributed by atoms with van der Waals surface area (Å²) in [6.07, 6.45) is 0.241. The normalized spacial score (nSPS) is 18.7. The first-order valence-electron chi connectivity index (χ1n) is 5.55. The smallest absolute Gasteiger partial charge is 0.222 e. The molecule has 0 N–H and O–H groups in total. The predicted molar refractivity (Wildman–Crippen MR) is 73.9 cm³/mol. The SMILES string of the molecule is CC(CCCl)S(=O)(=O)C1=NS(=O)(=O)c2ccccc21. The van der Waals surface area contributed by atoms with E-state index in [9.17, 15) is 16.8 Å². The third kappa shape index (κ3) is 2.42. The Hall–Kier alpha value is -0.920. The van der Waals surface area contributed by atoms with Gasteiger partial charge in [0.1, 0.15) is 0 Å². The summed E-state index contributed by atoms with van der Waals surface area (Å²) in [4.78, 5) is -0.0633. The minimum absolute atomic E-state index is 0.0633. The summed E-state index contributed by atoms with van der Waals surface area (Å²) in [7, 11) is -7.71. The fourth-order valence-electron chi connectivity index (χ4n) is 1.78. The van der Waals surface area contributed by atoms with Crippen molar-refractivity contribution in [3.8, 4) is 0 Å². The van der Waals surface area contributed by atoms with Crippen LogP contribution in [0.1, 0.15) is 18.9 Å². The highest BCUT2D eigenvalue weighted by molar-refractivity contribution is 8.09. The number of benzene rings is 1. The van der Waals surface area contributed by atoms with Gasteiger partial charge in [-0.1, -0.05) is 18.2 Å². The van der Waals surface area contributed by atoms with Gasteiger partial charge in [0, 0.05) is 11.4 Å². The first kappa shape index (κ1) is 14.5. The number of nitrogens with zero attached hydrogens (tertiary/aromatic N) is 1. The Kier molecular flexibility index (Phi) is 3.72. The van der Waals surface area contributed by atoms with Gasteiger partial charge in [-0.25, -0.2) is 8.42 Å². The zero-order chi connectivity index (χ0) is 14.3. The maximum absolute atomic E-state index is 12.3. The number of sulfone groups is 1. The van der Waals surface area contributed by atoms with Gasteiger partial charge in [-0.05, 0) is 19.4 Å². The van der Waals surface area contributed by atoms with Gasteiger partial charge < -0.3 is 0 Å². The molecule has 104 valence electrons. The van der Waals surface area contributed by atoms with Gasteiger partial charge in [0.05, 0.1) is 10.1 Å². The molecule has 0 bridgehead atoms. The lowest BCUT2D eigenvalue weighted by Gasteiger charge is -2.11. The predicted octanol–water partition coefficient (Wildman–Crippen LogP) is 1.57. The Morgan fingerprint density at radius 2 is 1.95 bits per heavy atom. The molecular weight excluding hydrogens is 310 g/mol. The minimum atomic E-state index is -3.91. The second kappa shape index (κ2) is 4.88.